The van der Waals surface area contributed by atoms with E-state index in [4.69, 9.17) is 4.74 Å². The Labute approximate surface area is 176 Å². The highest BCUT2D eigenvalue weighted by molar-refractivity contribution is 5.98. The maximum absolute atomic E-state index is 13.2. The highest BCUT2D eigenvalue weighted by atomic mass is 16.5. The average molecular weight is 408 g/mol. The molecule has 1 amide bonds. The van der Waals surface area contributed by atoms with Crippen molar-refractivity contribution in [2.24, 2.45) is 0 Å². The van der Waals surface area contributed by atoms with Gasteiger partial charge in [-0.25, -0.2) is 0 Å². The number of nitrogens with zero attached hydrogens (tertiary/aromatic N) is 1. The maximum atomic E-state index is 13.2. The van der Waals surface area contributed by atoms with E-state index in [-0.39, 0.29) is 12.5 Å². The average Bonchev–Trinajstić information content (AvgIpc) is 3.24. The number of hydrogen-bond donors (Lipinski definition) is 3. The molecule has 30 heavy (non-hydrogen) atoms. The van der Waals surface area contributed by atoms with Gasteiger partial charge in [0.05, 0.1) is 6.10 Å². The number of aryl methyl sites for hydroxylation is 1. The van der Waals surface area contributed by atoms with Crippen LogP contribution in [0.2, 0.25) is 0 Å². The molecule has 3 N–H and O–H groups in total. The van der Waals surface area contributed by atoms with Gasteiger partial charge in [-0.3, -0.25) is 4.79 Å². The maximum Gasteiger partial charge on any atom is 0.253 e. The van der Waals surface area contributed by atoms with Gasteiger partial charge < -0.3 is 24.8 Å². The van der Waals surface area contributed by atoms with E-state index in [2.05, 4.69) is 4.98 Å². The number of aliphatic hydroxyl groups excluding tert-OH is 2. The van der Waals surface area contributed by atoms with E-state index in [1.54, 1.807) is 4.90 Å². The number of aliphatic hydroxyl groups is 2. The van der Waals surface area contributed by atoms with Gasteiger partial charge >= 0.3 is 0 Å². The van der Waals surface area contributed by atoms with Crippen molar-refractivity contribution < 1.29 is 19.7 Å². The number of aromatic nitrogens is 1. The second kappa shape index (κ2) is 9.32. The quantitative estimate of drug-likeness (QED) is 0.577. The fourth-order valence-corrected chi connectivity index (χ4v) is 3.92. The summed E-state index contributed by atoms with van der Waals surface area (Å²) in [4.78, 5) is 18.1. The Morgan fingerprint density at radius 3 is 2.80 bits per heavy atom. The van der Waals surface area contributed by atoms with E-state index >= 15 is 0 Å². The minimum absolute atomic E-state index is 0.0241. The highest BCUT2D eigenvalue weighted by Gasteiger charge is 2.22. The normalized spacial score (nSPS) is 21.1. The summed E-state index contributed by atoms with van der Waals surface area (Å²) in [6.07, 6.45) is 2.80. The van der Waals surface area contributed by atoms with Crippen molar-refractivity contribution in [1.82, 2.24) is 9.88 Å². The SMILES string of the molecule is O=C(c1ccc2[nH]ccc2c1)N1CCCCc2ccccc2OC[C@@H](O)[C@@H](O)CC1. The third-order valence-corrected chi connectivity index (χ3v) is 5.73. The monoisotopic (exact) mass is 408 g/mol. The molecule has 0 saturated heterocycles. The summed E-state index contributed by atoms with van der Waals surface area (Å²) in [7, 11) is 0. The van der Waals surface area contributed by atoms with Crippen LogP contribution in [0.3, 0.4) is 0 Å². The molecule has 0 spiro atoms. The van der Waals surface area contributed by atoms with Crippen LogP contribution in [-0.2, 0) is 6.42 Å². The molecule has 0 unspecified atom stereocenters. The molecule has 6 heteroatoms. The molecule has 0 bridgehead atoms. The van der Waals surface area contributed by atoms with Crippen LogP contribution in [-0.4, -0.2) is 57.9 Å². The first-order valence-corrected chi connectivity index (χ1v) is 10.5. The molecule has 0 saturated carbocycles. The van der Waals surface area contributed by atoms with Gasteiger partial charge in [0.2, 0.25) is 0 Å². The first kappa shape index (κ1) is 20.4. The van der Waals surface area contributed by atoms with E-state index in [0.717, 1.165) is 41.5 Å². The van der Waals surface area contributed by atoms with Crippen LogP contribution in [0.25, 0.3) is 10.9 Å². The summed E-state index contributed by atoms with van der Waals surface area (Å²) < 4.78 is 5.77. The van der Waals surface area contributed by atoms with Crippen molar-refractivity contribution in [3.8, 4) is 5.75 Å². The van der Waals surface area contributed by atoms with Gasteiger partial charge in [-0.1, -0.05) is 18.2 Å². The van der Waals surface area contributed by atoms with Gasteiger partial charge in [-0.15, -0.1) is 0 Å². The molecule has 0 aliphatic carbocycles. The van der Waals surface area contributed by atoms with Crippen LogP contribution >= 0.6 is 0 Å². The second-order valence-electron chi connectivity index (χ2n) is 7.87. The summed E-state index contributed by atoms with van der Waals surface area (Å²) in [5.41, 5.74) is 2.71. The summed E-state index contributed by atoms with van der Waals surface area (Å²) in [5, 5.41) is 21.7. The smallest absolute Gasteiger partial charge is 0.253 e. The van der Waals surface area contributed by atoms with Crippen LogP contribution < -0.4 is 4.74 Å². The fourth-order valence-electron chi connectivity index (χ4n) is 3.92. The lowest BCUT2D eigenvalue weighted by Crippen LogP contribution is -2.38. The van der Waals surface area contributed by atoms with Gasteiger partial charge in [0, 0.05) is 35.8 Å². The molecule has 1 aliphatic heterocycles. The Morgan fingerprint density at radius 1 is 1.03 bits per heavy atom. The standard InChI is InChI=1S/C24H28N2O4/c27-21-11-14-26(24(29)19-8-9-20-18(15-19)10-12-25-20)13-4-3-6-17-5-1-2-7-23(17)30-16-22(21)28/h1-2,5,7-10,12,15,21-22,25,27-28H,3-4,6,11,13-14,16H2/t21-,22+/m0/s1. The first-order chi connectivity index (χ1) is 14.6. The molecule has 2 heterocycles. The summed E-state index contributed by atoms with van der Waals surface area (Å²) in [6, 6.07) is 15.4. The Kier molecular flexibility index (Phi) is 6.35. The zero-order chi connectivity index (χ0) is 20.9. The molecule has 0 fully saturated rings. The molecule has 2 aromatic carbocycles. The predicted octanol–water partition coefficient (Wildman–Crippen LogP) is 3.14. The number of hydrogen-bond acceptors (Lipinski definition) is 4. The highest BCUT2D eigenvalue weighted by Crippen LogP contribution is 2.22. The van der Waals surface area contributed by atoms with Crippen LogP contribution in [0.4, 0.5) is 0 Å². The van der Waals surface area contributed by atoms with Gasteiger partial charge in [-0.2, -0.15) is 0 Å². The molecule has 6 nitrogen and oxygen atoms in total. The third kappa shape index (κ3) is 4.66. The molecule has 4 rings (SSSR count). The fraction of sp³-hybridized carbons (Fsp3) is 0.375. The van der Waals surface area contributed by atoms with Crippen molar-refractivity contribution in [3.05, 3.63) is 65.9 Å². The van der Waals surface area contributed by atoms with Crippen molar-refractivity contribution in [2.45, 2.75) is 37.9 Å². The summed E-state index contributed by atoms with van der Waals surface area (Å²) in [5.74, 6) is 0.696. The molecular formula is C24H28N2O4. The molecule has 0 radical (unpaired) electrons. The number of ether oxygens (including phenoxy) is 1. The Balaban J connectivity index is 1.51. The molecule has 2 atom stereocenters. The van der Waals surface area contributed by atoms with E-state index in [1.165, 1.54) is 0 Å². The van der Waals surface area contributed by atoms with Gasteiger partial charge in [0.25, 0.3) is 5.91 Å². The van der Waals surface area contributed by atoms with Crippen molar-refractivity contribution in [2.75, 3.05) is 19.7 Å². The number of H-pyrrole nitrogens is 1. The van der Waals surface area contributed by atoms with Crippen LogP contribution in [0, 0.1) is 0 Å². The summed E-state index contributed by atoms with van der Waals surface area (Å²) >= 11 is 0. The number of benzene rings is 2. The van der Waals surface area contributed by atoms with Crippen molar-refractivity contribution >= 4 is 16.8 Å². The van der Waals surface area contributed by atoms with Crippen LogP contribution in [0.1, 0.15) is 35.2 Å². The number of aromatic amines is 1. The predicted molar refractivity (Wildman–Crippen MR) is 116 cm³/mol. The Hall–Kier alpha value is -2.83. The topological polar surface area (TPSA) is 85.8 Å². The van der Waals surface area contributed by atoms with Gasteiger partial charge in [0.1, 0.15) is 18.5 Å². The first-order valence-electron chi connectivity index (χ1n) is 10.5. The lowest BCUT2D eigenvalue weighted by Gasteiger charge is -2.25. The van der Waals surface area contributed by atoms with Crippen molar-refractivity contribution in [3.63, 3.8) is 0 Å². The Bertz CT molecular complexity index is 1000. The molecule has 1 aromatic heterocycles. The molecule has 158 valence electrons. The van der Waals surface area contributed by atoms with Crippen LogP contribution in [0.5, 0.6) is 5.75 Å². The Morgan fingerprint density at radius 2 is 1.90 bits per heavy atom. The van der Waals surface area contributed by atoms with E-state index < -0.39 is 12.2 Å². The van der Waals surface area contributed by atoms with Crippen LogP contribution in [0.15, 0.2) is 54.7 Å². The number of rotatable bonds is 1. The number of nitrogens with one attached hydrogen (secondary N) is 1. The molecule has 1 aliphatic rings. The zero-order valence-corrected chi connectivity index (χ0v) is 17.0. The number of fused-ring (bicyclic) bond motifs is 2. The number of para-hydroxylation sites is 1. The number of amides is 1. The van der Waals surface area contributed by atoms with E-state index in [1.807, 2.05) is 54.7 Å². The largest absolute Gasteiger partial charge is 0.491 e. The lowest BCUT2D eigenvalue weighted by atomic mass is 10.1. The number of carbonyl (C=O) groups is 1. The zero-order valence-electron chi connectivity index (χ0n) is 17.0. The molecule has 3 aromatic rings. The van der Waals surface area contributed by atoms with Gasteiger partial charge in [0.15, 0.2) is 0 Å². The minimum atomic E-state index is -1.01. The van der Waals surface area contributed by atoms with E-state index in [9.17, 15) is 15.0 Å². The third-order valence-electron chi connectivity index (χ3n) is 5.73. The van der Waals surface area contributed by atoms with Crippen molar-refractivity contribution in [1.29, 1.82) is 0 Å². The van der Waals surface area contributed by atoms with Gasteiger partial charge in [-0.05, 0) is 61.6 Å². The minimum Gasteiger partial charge on any atom is -0.491 e. The summed E-state index contributed by atoms with van der Waals surface area (Å²) in [6.45, 7) is 1.02. The lowest BCUT2D eigenvalue weighted by molar-refractivity contribution is -0.0150. The second-order valence-corrected chi connectivity index (χ2v) is 7.87. The van der Waals surface area contributed by atoms with E-state index in [0.29, 0.717) is 25.1 Å². The number of carbonyl (C=O) groups excluding carboxylic acids is 1. The molecular weight excluding hydrogens is 380 g/mol.